The zero-order valence-corrected chi connectivity index (χ0v) is 14.6. The van der Waals surface area contributed by atoms with Gasteiger partial charge in [-0.3, -0.25) is 9.69 Å². The Hall–Kier alpha value is -1.72. The maximum absolute atomic E-state index is 12.4. The first-order chi connectivity index (χ1) is 11.8. The molecular formula is C19H23N3OS. The number of fused-ring (bicyclic) bond motifs is 1. The summed E-state index contributed by atoms with van der Waals surface area (Å²) in [6.45, 7) is 2.79. The van der Waals surface area contributed by atoms with Crippen molar-refractivity contribution in [2.75, 3.05) is 13.1 Å². The Morgan fingerprint density at radius 1 is 1.25 bits per heavy atom. The quantitative estimate of drug-likeness (QED) is 0.930. The number of nitrogens with zero attached hydrogens (tertiary/aromatic N) is 2. The van der Waals surface area contributed by atoms with Crippen LogP contribution in [0.5, 0.6) is 0 Å². The fourth-order valence-corrected chi connectivity index (χ4v) is 4.15. The number of aromatic nitrogens is 1. The lowest BCUT2D eigenvalue weighted by molar-refractivity contribution is 0.0950. The molecule has 1 aromatic carbocycles. The molecule has 0 saturated heterocycles. The molecule has 5 heteroatoms. The fourth-order valence-electron chi connectivity index (χ4n) is 3.60. The lowest BCUT2D eigenvalue weighted by Crippen LogP contribution is -2.41. The Kier molecular flexibility index (Phi) is 4.63. The minimum Gasteiger partial charge on any atom is -0.346 e. The average molecular weight is 341 g/mol. The van der Waals surface area contributed by atoms with Crippen molar-refractivity contribution in [3.8, 4) is 0 Å². The van der Waals surface area contributed by atoms with Crippen molar-refractivity contribution in [1.82, 2.24) is 15.2 Å². The van der Waals surface area contributed by atoms with E-state index in [0.29, 0.717) is 6.54 Å². The summed E-state index contributed by atoms with van der Waals surface area (Å²) >= 11 is 1.56. The molecule has 0 atom stereocenters. The standard InChI is InChI=1S/C19H23N3OS/c23-19(21-13-18-20-8-11-24-18)16-5-4-14-6-9-22(17-2-1-3-17)10-7-15(14)12-16/h4-5,8,11-12,17H,1-3,6-7,9-10,13H2,(H,21,23). The van der Waals surface area contributed by atoms with Gasteiger partial charge < -0.3 is 5.32 Å². The first-order valence-electron chi connectivity index (χ1n) is 8.82. The van der Waals surface area contributed by atoms with E-state index in [4.69, 9.17) is 0 Å². The number of benzene rings is 1. The first-order valence-corrected chi connectivity index (χ1v) is 9.70. The molecule has 1 aromatic heterocycles. The predicted octanol–water partition coefficient (Wildman–Crippen LogP) is 3.03. The molecule has 0 unspecified atom stereocenters. The zero-order valence-electron chi connectivity index (χ0n) is 13.8. The van der Waals surface area contributed by atoms with Crippen LogP contribution in [-0.2, 0) is 19.4 Å². The van der Waals surface area contributed by atoms with Crippen LogP contribution in [0, 0.1) is 0 Å². The highest BCUT2D eigenvalue weighted by Crippen LogP contribution is 2.27. The van der Waals surface area contributed by atoms with Gasteiger partial charge in [0.15, 0.2) is 0 Å². The second-order valence-corrected chi connectivity index (χ2v) is 7.69. The molecule has 2 heterocycles. The molecule has 1 saturated carbocycles. The van der Waals surface area contributed by atoms with Crippen molar-refractivity contribution in [3.63, 3.8) is 0 Å². The number of hydrogen-bond donors (Lipinski definition) is 1. The van der Waals surface area contributed by atoms with Crippen LogP contribution in [0.3, 0.4) is 0 Å². The summed E-state index contributed by atoms with van der Waals surface area (Å²) in [4.78, 5) is 19.2. The van der Waals surface area contributed by atoms with Crippen molar-refractivity contribution in [2.45, 2.75) is 44.7 Å². The molecule has 1 fully saturated rings. The van der Waals surface area contributed by atoms with E-state index in [2.05, 4.69) is 27.3 Å². The van der Waals surface area contributed by atoms with Gasteiger partial charge in [0, 0.05) is 36.3 Å². The smallest absolute Gasteiger partial charge is 0.251 e. The molecule has 4 nitrogen and oxygen atoms in total. The third-order valence-corrected chi connectivity index (χ3v) is 6.06. The van der Waals surface area contributed by atoms with Crippen LogP contribution in [0.1, 0.15) is 45.8 Å². The number of carbonyl (C=O) groups excluding carboxylic acids is 1. The van der Waals surface area contributed by atoms with Crippen LogP contribution < -0.4 is 5.32 Å². The van der Waals surface area contributed by atoms with Crippen molar-refractivity contribution >= 4 is 17.2 Å². The Balaban J connectivity index is 1.41. The number of nitrogens with one attached hydrogen (secondary N) is 1. The summed E-state index contributed by atoms with van der Waals surface area (Å²) in [7, 11) is 0. The lowest BCUT2D eigenvalue weighted by atomic mass is 9.91. The van der Waals surface area contributed by atoms with E-state index in [1.165, 1.54) is 30.4 Å². The Labute approximate surface area is 146 Å². The maximum atomic E-state index is 12.4. The minimum atomic E-state index is -0.00639. The van der Waals surface area contributed by atoms with E-state index in [1.54, 1.807) is 17.5 Å². The Bertz CT molecular complexity index is 709. The number of amides is 1. The van der Waals surface area contributed by atoms with Gasteiger partial charge in [0.25, 0.3) is 5.91 Å². The Morgan fingerprint density at radius 2 is 2.08 bits per heavy atom. The maximum Gasteiger partial charge on any atom is 0.251 e. The number of thiazole rings is 1. The molecule has 1 N–H and O–H groups in total. The fraction of sp³-hybridized carbons (Fsp3) is 0.474. The highest BCUT2D eigenvalue weighted by atomic mass is 32.1. The second kappa shape index (κ2) is 7.03. The van der Waals surface area contributed by atoms with Crippen molar-refractivity contribution < 1.29 is 4.79 Å². The van der Waals surface area contributed by atoms with Gasteiger partial charge in [-0.2, -0.15) is 0 Å². The molecule has 0 spiro atoms. The van der Waals surface area contributed by atoms with Crippen LogP contribution in [0.15, 0.2) is 29.8 Å². The van der Waals surface area contributed by atoms with Crippen molar-refractivity contribution in [2.24, 2.45) is 0 Å². The Morgan fingerprint density at radius 3 is 2.79 bits per heavy atom. The molecule has 2 aromatic rings. The lowest BCUT2D eigenvalue weighted by Gasteiger charge is -2.36. The van der Waals surface area contributed by atoms with Gasteiger partial charge in [-0.05, 0) is 48.9 Å². The normalized spacial score (nSPS) is 18.5. The average Bonchev–Trinajstić information content (AvgIpc) is 2.99. The molecule has 1 aliphatic heterocycles. The minimum absolute atomic E-state index is 0.00639. The summed E-state index contributed by atoms with van der Waals surface area (Å²) in [5.74, 6) is -0.00639. The summed E-state index contributed by atoms with van der Waals surface area (Å²) in [6.07, 6.45) is 8.04. The van der Waals surface area contributed by atoms with Crippen LogP contribution in [0.2, 0.25) is 0 Å². The SMILES string of the molecule is O=C(NCc1nccs1)c1ccc2c(c1)CCN(C1CCC1)CC2. The molecule has 0 radical (unpaired) electrons. The van der Waals surface area contributed by atoms with Crippen molar-refractivity contribution in [1.29, 1.82) is 0 Å². The van der Waals surface area contributed by atoms with Crippen LogP contribution in [0.4, 0.5) is 0 Å². The second-order valence-electron chi connectivity index (χ2n) is 6.71. The summed E-state index contributed by atoms with van der Waals surface area (Å²) in [5, 5.41) is 5.84. The number of rotatable bonds is 4. The monoisotopic (exact) mass is 341 g/mol. The largest absolute Gasteiger partial charge is 0.346 e. The third-order valence-electron chi connectivity index (χ3n) is 5.28. The van der Waals surface area contributed by atoms with Gasteiger partial charge in [-0.15, -0.1) is 11.3 Å². The van der Waals surface area contributed by atoms with Crippen LogP contribution in [0.25, 0.3) is 0 Å². The molecular weight excluding hydrogens is 318 g/mol. The molecule has 24 heavy (non-hydrogen) atoms. The highest BCUT2D eigenvalue weighted by molar-refractivity contribution is 7.09. The van der Waals surface area contributed by atoms with Crippen LogP contribution >= 0.6 is 11.3 Å². The van der Waals surface area contributed by atoms with Gasteiger partial charge in [-0.25, -0.2) is 4.98 Å². The van der Waals surface area contributed by atoms with E-state index < -0.39 is 0 Å². The van der Waals surface area contributed by atoms with Crippen molar-refractivity contribution in [3.05, 3.63) is 51.5 Å². The molecule has 0 bridgehead atoms. The highest BCUT2D eigenvalue weighted by Gasteiger charge is 2.26. The summed E-state index contributed by atoms with van der Waals surface area (Å²) in [6, 6.07) is 7.02. The summed E-state index contributed by atoms with van der Waals surface area (Å²) in [5.41, 5.74) is 3.52. The molecule has 2 aliphatic rings. The predicted molar refractivity (Wildman–Crippen MR) is 96.3 cm³/mol. The van der Waals surface area contributed by atoms with E-state index in [1.807, 2.05) is 11.4 Å². The van der Waals surface area contributed by atoms with Gasteiger partial charge in [0.05, 0.1) is 6.54 Å². The van der Waals surface area contributed by atoms with E-state index in [0.717, 1.165) is 42.5 Å². The van der Waals surface area contributed by atoms with Gasteiger partial charge in [-0.1, -0.05) is 12.5 Å². The number of hydrogen-bond acceptors (Lipinski definition) is 4. The number of carbonyl (C=O) groups is 1. The van der Waals surface area contributed by atoms with E-state index in [-0.39, 0.29) is 5.91 Å². The van der Waals surface area contributed by atoms with E-state index >= 15 is 0 Å². The molecule has 126 valence electrons. The molecule has 1 aliphatic carbocycles. The van der Waals surface area contributed by atoms with Gasteiger partial charge in [0.1, 0.15) is 5.01 Å². The summed E-state index contributed by atoms with van der Waals surface area (Å²) < 4.78 is 0. The van der Waals surface area contributed by atoms with Gasteiger partial charge in [0.2, 0.25) is 0 Å². The third kappa shape index (κ3) is 3.37. The molecule has 1 amide bonds. The molecule has 4 rings (SSSR count). The van der Waals surface area contributed by atoms with Gasteiger partial charge >= 0.3 is 0 Å². The first kappa shape index (κ1) is 15.8. The zero-order chi connectivity index (χ0) is 16.4. The topological polar surface area (TPSA) is 45.2 Å². The van der Waals surface area contributed by atoms with Crippen LogP contribution in [-0.4, -0.2) is 34.9 Å². The van der Waals surface area contributed by atoms with E-state index in [9.17, 15) is 4.79 Å².